The van der Waals surface area contributed by atoms with Crippen molar-refractivity contribution >= 4 is 5.97 Å². The second-order valence-corrected chi connectivity index (χ2v) is 6.55. The lowest BCUT2D eigenvalue weighted by atomic mass is 9.72. The summed E-state index contributed by atoms with van der Waals surface area (Å²) in [7, 11) is 1.31. The molecule has 1 unspecified atom stereocenters. The average Bonchev–Trinajstić information content (AvgIpc) is 2.49. The van der Waals surface area contributed by atoms with Crippen LogP contribution in [0.15, 0.2) is 42.5 Å². The molecule has 122 valence electrons. The van der Waals surface area contributed by atoms with Crippen LogP contribution in [0.4, 0.5) is 8.78 Å². The van der Waals surface area contributed by atoms with Gasteiger partial charge in [-0.3, -0.25) is 0 Å². The van der Waals surface area contributed by atoms with Gasteiger partial charge in [-0.05, 0) is 35.2 Å². The van der Waals surface area contributed by atoms with Crippen molar-refractivity contribution in [1.29, 1.82) is 0 Å². The van der Waals surface area contributed by atoms with Crippen molar-refractivity contribution in [3.05, 3.63) is 70.8 Å². The van der Waals surface area contributed by atoms with Crippen LogP contribution in [0.1, 0.15) is 48.2 Å². The van der Waals surface area contributed by atoms with Crippen molar-refractivity contribution in [2.24, 2.45) is 5.41 Å². The zero-order chi connectivity index (χ0) is 17.2. The first-order valence-corrected chi connectivity index (χ1v) is 7.38. The highest BCUT2D eigenvalue weighted by atomic mass is 19.1. The maximum Gasteiger partial charge on any atom is 0.337 e. The Kier molecular flexibility index (Phi) is 4.83. The van der Waals surface area contributed by atoms with E-state index in [4.69, 9.17) is 0 Å². The first-order valence-electron chi connectivity index (χ1n) is 7.38. The number of benzene rings is 2. The molecule has 2 rings (SSSR count). The van der Waals surface area contributed by atoms with Crippen LogP contribution in [0.25, 0.3) is 0 Å². The Balaban J connectivity index is 2.55. The third kappa shape index (κ3) is 3.58. The van der Waals surface area contributed by atoms with Crippen molar-refractivity contribution < 1.29 is 18.3 Å². The summed E-state index contributed by atoms with van der Waals surface area (Å²) in [5.41, 5.74) is 0.786. The van der Waals surface area contributed by atoms with Gasteiger partial charge in [0, 0.05) is 11.5 Å². The van der Waals surface area contributed by atoms with E-state index in [1.807, 2.05) is 20.8 Å². The molecule has 2 aromatic carbocycles. The van der Waals surface area contributed by atoms with Crippen LogP contribution < -0.4 is 0 Å². The van der Waals surface area contributed by atoms with Gasteiger partial charge in [-0.15, -0.1) is 0 Å². The fourth-order valence-electron chi connectivity index (χ4n) is 2.82. The van der Waals surface area contributed by atoms with Gasteiger partial charge in [-0.1, -0.05) is 39.0 Å². The molecule has 0 aliphatic rings. The second-order valence-electron chi connectivity index (χ2n) is 6.55. The third-order valence-corrected chi connectivity index (χ3v) is 3.82. The summed E-state index contributed by atoms with van der Waals surface area (Å²) in [6.07, 6.45) is 0. The van der Waals surface area contributed by atoms with Crippen molar-refractivity contribution in [2.45, 2.75) is 26.7 Å². The lowest BCUT2D eigenvalue weighted by Crippen LogP contribution is -2.22. The van der Waals surface area contributed by atoms with E-state index >= 15 is 0 Å². The van der Waals surface area contributed by atoms with Gasteiger partial charge in [0.15, 0.2) is 0 Å². The molecular formula is C19H20F2O2. The number of ether oxygens (including phenoxy) is 1. The van der Waals surface area contributed by atoms with Crippen molar-refractivity contribution in [1.82, 2.24) is 0 Å². The molecule has 0 saturated carbocycles. The van der Waals surface area contributed by atoms with Gasteiger partial charge in [-0.2, -0.15) is 0 Å². The molecule has 0 aromatic heterocycles. The zero-order valence-corrected chi connectivity index (χ0v) is 13.7. The monoisotopic (exact) mass is 318 g/mol. The van der Waals surface area contributed by atoms with Gasteiger partial charge in [0.1, 0.15) is 11.6 Å². The van der Waals surface area contributed by atoms with Crippen molar-refractivity contribution in [3.63, 3.8) is 0 Å². The maximum absolute atomic E-state index is 14.3. The summed E-state index contributed by atoms with van der Waals surface area (Å²) < 4.78 is 33.2. The summed E-state index contributed by atoms with van der Waals surface area (Å²) in [6, 6.07) is 10.5. The molecule has 0 aliphatic carbocycles. The Morgan fingerprint density at radius 1 is 1.00 bits per heavy atom. The van der Waals surface area contributed by atoms with Crippen LogP contribution in [0, 0.1) is 17.0 Å². The van der Waals surface area contributed by atoms with Crippen LogP contribution in [-0.2, 0) is 4.74 Å². The highest BCUT2D eigenvalue weighted by Crippen LogP contribution is 2.42. The van der Waals surface area contributed by atoms with E-state index in [-0.39, 0.29) is 5.56 Å². The zero-order valence-electron chi connectivity index (χ0n) is 13.7. The molecule has 0 N–H and O–H groups in total. The molecule has 0 heterocycles. The fraction of sp³-hybridized carbons (Fsp3) is 0.316. The third-order valence-electron chi connectivity index (χ3n) is 3.82. The number of halogens is 2. The first-order chi connectivity index (χ1) is 10.8. The Hall–Kier alpha value is -2.23. The van der Waals surface area contributed by atoms with Gasteiger partial charge in [0.2, 0.25) is 0 Å². The molecule has 0 aliphatic heterocycles. The average molecular weight is 318 g/mol. The Labute approximate surface area is 135 Å². The Morgan fingerprint density at radius 3 is 1.96 bits per heavy atom. The molecule has 0 amide bonds. The van der Waals surface area contributed by atoms with Crippen LogP contribution in [-0.4, -0.2) is 13.1 Å². The van der Waals surface area contributed by atoms with Gasteiger partial charge in [-0.25, -0.2) is 13.6 Å². The first kappa shape index (κ1) is 17.1. The van der Waals surface area contributed by atoms with Crippen LogP contribution in [0.2, 0.25) is 0 Å². The standard InChI is InChI=1S/C19H20F2O2/c1-19(2,3)17(16-14(20)6-5-7-15(16)21)12-8-10-13(11-9-12)18(22)23-4/h5-11,17H,1-4H3. The number of carbonyl (C=O) groups is 1. The Bertz CT molecular complexity index is 680. The summed E-state index contributed by atoms with van der Waals surface area (Å²) in [6.45, 7) is 5.79. The molecule has 1 atom stereocenters. The van der Waals surface area contributed by atoms with Gasteiger partial charge in [0.05, 0.1) is 12.7 Å². The number of hydrogen-bond donors (Lipinski definition) is 0. The molecule has 0 fully saturated rings. The van der Waals surface area contributed by atoms with Gasteiger partial charge in [0.25, 0.3) is 0 Å². The molecule has 23 heavy (non-hydrogen) atoms. The number of rotatable bonds is 3. The topological polar surface area (TPSA) is 26.3 Å². The quantitative estimate of drug-likeness (QED) is 0.750. The molecule has 0 radical (unpaired) electrons. The minimum absolute atomic E-state index is 0.0471. The van der Waals surface area contributed by atoms with Gasteiger partial charge >= 0.3 is 5.97 Å². The van der Waals surface area contributed by atoms with Crippen LogP contribution in [0.3, 0.4) is 0 Å². The van der Waals surface area contributed by atoms with E-state index in [1.165, 1.54) is 25.3 Å². The molecular weight excluding hydrogens is 298 g/mol. The summed E-state index contributed by atoms with van der Waals surface area (Å²) in [5.74, 6) is -2.06. The van der Waals surface area contributed by atoms with E-state index in [0.29, 0.717) is 5.56 Å². The highest BCUT2D eigenvalue weighted by molar-refractivity contribution is 5.89. The molecule has 0 saturated heterocycles. The molecule has 2 aromatic rings. The number of methoxy groups -OCH3 is 1. The molecule has 0 bridgehead atoms. The number of hydrogen-bond acceptors (Lipinski definition) is 2. The lowest BCUT2D eigenvalue weighted by molar-refractivity contribution is 0.0600. The molecule has 4 heteroatoms. The normalized spacial score (nSPS) is 12.8. The maximum atomic E-state index is 14.3. The smallest absolute Gasteiger partial charge is 0.337 e. The van der Waals surface area contributed by atoms with E-state index in [0.717, 1.165) is 5.56 Å². The number of carbonyl (C=O) groups excluding carboxylic acids is 1. The SMILES string of the molecule is COC(=O)c1ccc(C(c2c(F)cccc2F)C(C)(C)C)cc1. The predicted octanol–water partition coefficient (Wildman–Crippen LogP) is 4.93. The molecule has 2 nitrogen and oxygen atoms in total. The van der Waals surface area contributed by atoms with Crippen LogP contribution in [0.5, 0.6) is 0 Å². The van der Waals surface area contributed by atoms with E-state index in [1.54, 1.807) is 24.3 Å². The molecule has 0 spiro atoms. The highest BCUT2D eigenvalue weighted by Gasteiger charge is 2.32. The van der Waals surface area contributed by atoms with Crippen molar-refractivity contribution in [3.8, 4) is 0 Å². The summed E-state index contributed by atoms with van der Waals surface area (Å²) in [5, 5.41) is 0. The fourth-order valence-corrected chi connectivity index (χ4v) is 2.82. The van der Waals surface area contributed by atoms with E-state index in [9.17, 15) is 13.6 Å². The summed E-state index contributed by atoms with van der Waals surface area (Å²) >= 11 is 0. The van der Waals surface area contributed by atoms with E-state index < -0.39 is 28.9 Å². The minimum Gasteiger partial charge on any atom is -0.465 e. The largest absolute Gasteiger partial charge is 0.465 e. The van der Waals surface area contributed by atoms with Crippen molar-refractivity contribution in [2.75, 3.05) is 7.11 Å². The Morgan fingerprint density at radius 2 is 1.52 bits per heavy atom. The number of esters is 1. The lowest BCUT2D eigenvalue weighted by Gasteiger charge is -2.32. The van der Waals surface area contributed by atoms with Crippen LogP contribution >= 0.6 is 0 Å². The van der Waals surface area contributed by atoms with E-state index in [2.05, 4.69) is 4.74 Å². The summed E-state index contributed by atoms with van der Waals surface area (Å²) in [4.78, 5) is 11.5. The van der Waals surface area contributed by atoms with Gasteiger partial charge < -0.3 is 4.74 Å². The predicted molar refractivity (Wildman–Crippen MR) is 85.4 cm³/mol. The second kappa shape index (κ2) is 6.49. The minimum atomic E-state index is -0.568.